The van der Waals surface area contributed by atoms with Crippen molar-refractivity contribution in [1.82, 2.24) is 4.98 Å². The summed E-state index contributed by atoms with van der Waals surface area (Å²) in [4.78, 5) is 15.9. The number of allylic oxidation sites excluding steroid dienone is 1. The average molecular weight is 378 g/mol. The average Bonchev–Trinajstić information content (AvgIpc) is 2.53. The topological polar surface area (TPSA) is 63.0 Å². The van der Waals surface area contributed by atoms with Gasteiger partial charge in [0.15, 0.2) is 0 Å². The van der Waals surface area contributed by atoms with Crippen LogP contribution in [0.4, 0.5) is 0 Å². The highest BCUT2D eigenvalue weighted by atomic mass is 79.9. The Kier molecular flexibility index (Phi) is 5.31. The van der Waals surface area contributed by atoms with Crippen LogP contribution in [-0.4, -0.2) is 18.1 Å². The third-order valence-electron chi connectivity index (χ3n) is 2.85. The summed E-state index contributed by atoms with van der Waals surface area (Å²) in [6.07, 6.45) is 3.10. The number of carbonyl (C=O) groups excluding carboxylic acids is 1. The monoisotopic (exact) mass is 376 g/mol. The van der Waals surface area contributed by atoms with Gasteiger partial charge in [-0.05, 0) is 35.9 Å². The third kappa shape index (κ3) is 3.53. The van der Waals surface area contributed by atoms with E-state index in [0.717, 1.165) is 4.47 Å². The minimum Gasteiger partial charge on any atom is -0.465 e. The number of hydrogen-bond acceptors (Lipinski definition) is 4. The summed E-state index contributed by atoms with van der Waals surface area (Å²) in [6.45, 7) is 0. The van der Waals surface area contributed by atoms with E-state index >= 15 is 0 Å². The van der Waals surface area contributed by atoms with Gasteiger partial charge in [0.2, 0.25) is 0 Å². The third-order valence-corrected chi connectivity index (χ3v) is 3.67. The lowest BCUT2D eigenvalue weighted by atomic mass is 10.0. The molecule has 110 valence electrons. The molecule has 1 heterocycles. The standard InChI is InChI=1S/C16H10BrClN2O2/c1-22-16(21)13-3-2-6-20-15(13)11(9-19)7-10-4-5-12(17)8-14(10)18/h2-8H,1H3/b11-7+. The maximum atomic E-state index is 11.8. The Morgan fingerprint density at radius 1 is 1.45 bits per heavy atom. The Hall–Kier alpha value is -2.16. The number of esters is 1. The molecule has 0 aliphatic rings. The molecular weight excluding hydrogens is 368 g/mol. The van der Waals surface area contributed by atoms with Gasteiger partial charge in [-0.25, -0.2) is 4.79 Å². The molecule has 0 saturated carbocycles. The zero-order chi connectivity index (χ0) is 16.1. The number of ether oxygens (including phenoxy) is 1. The lowest BCUT2D eigenvalue weighted by Gasteiger charge is -2.06. The Balaban J connectivity index is 2.56. The van der Waals surface area contributed by atoms with E-state index < -0.39 is 5.97 Å². The van der Waals surface area contributed by atoms with Crippen molar-refractivity contribution in [2.45, 2.75) is 0 Å². The van der Waals surface area contributed by atoms with Crippen LogP contribution in [0, 0.1) is 11.3 Å². The highest BCUT2D eigenvalue weighted by Gasteiger charge is 2.16. The van der Waals surface area contributed by atoms with Crippen LogP contribution < -0.4 is 0 Å². The second kappa shape index (κ2) is 7.21. The molecule has 0 radical (unpaired) electrons. The molecule has 0 unspecified atom stereocenters. The van der Waals surface area contributed by atoms with E-state index in [9.17, 15) is 10.1 Å². The summed E-state index contributed by atoms with van der Waals surface area (Å²) in [5, 5.41) is 9.89. The van der Waals surface area contributed by atoms with Crippen molar-refractivity contribution in [2.24, 2.45) is 0 Å². The molecule has 4 nitrogen and oxygen atoms in total. The van der Waals surface area contributed by atoms with Crippen LogP contribution in [0.25, 0.3) is 11.6 Å². The number of pyridine rings is 1. The zero-order valence-electron chi connectivity index (χ0n) is 11.5. The molecule has 6 heteroatoms. The smallest absolute Gasteiger partial charge is 0.340 e. The Morgan fingerprint density at radius 2 is 2.23 bits per heavy atom. The van der Waals surface area contributed by atoms with Crippen LogP contribution in [0.5, 0.6) is 0 Å². The Labute approximate surface area is 141 Å². The molecule has 1 aromatic heterocycles. The number of nitriles is 1. The van der Waals surface area contributed by atoms with Gasteiger partial charge in [-0.1, -0.05) is 33.6 Å². The van der Waals surface area contributed by atoms with Crippen LogP contribution >= 0.6 is 27.5 Å². The number of rotatable bonds is 3. The van der Waals surface area contributed by atoms with Crippen LogP contribution in [0.1, 0.15) is 21.6 Å². The maximum Gasteiger partial charge on any atom is 0.340 e. The first-order valence-electron chi connectivity index (χ1n) is 6.17. The van der Waals surface area contributed by atoms with E-state index in [0.29, 0.717) is 10.6 Å². The predicted molar refractivity (Wildman–Crippen MR) is 88.2 cm³/mol. The normalized spacial score (nSPS) is 10.9. The van der Waals surface area contributed by atoms with Crippen molar-refractivity contribution in [3.8, 4) is 6.07 Å². The van der Waals surface area contributed by atoms with Gasteiger partial charge in [0.05, 0.1) is 23.9 Å². The van der Waals surface area contributed by atoms with Gasteiger partial charge in [0, 0.05) is 15.7 Å². The van der Waals surface area contributed by atoms with Crippen LogP contribution in [0.2, 0.25) is 5.02 Å². The van der Waals surface area contributed by atoms with E-state index in [4.69, 9.17) is 16.3 Å². The van der Waals surface area contributed by atoms with Gasteiger partial charge in [-0.2, -0.15) is 5.26 Å². The quantitative estimate of drug-likeness (QED) is 0.589. The van der Waals surface area contributed by atoms with Crippen LogP contribution in [0.15, 0.2) is 41.0 Å². The molecule has 0 atom stereocenters. The van der Waals surface area contributed by atoms with E-state index in [1.165, 1.54) is 13.3 Å². The number of benzene rings is 1. The van der Waals surface area contributed by atoms with Crippen molar-refractivity contribution in [3.05, 3.63) is 62.8 Å². The summed E-state index contributed by atoms with van der Waals surface area (Å²) in [5.41, 5.74) is 1.37. The van der Waals surface area contributed by atoms with Gasteiger partial charge in [-0.3, -0.25) is 4.98 Å². The van der Waals surface area contributed by atoms with Gasteiger partial charge < -0.3 is 4.74 Å². The molecule has 0 aliphatic carbocycles. The largest absolute Gasteiger partial charge is 0.465 e. The Bertz CT molecular complexity index is 797. The maximum absolute atomic E-state index is 11.8. The Morgan fingerprint density at radius 3 is 2.86 bits per heavy atom. The number of methoxy groups -OCH3 is 1. The summed E-state index contributed by atoms with van der Waals surface area (Å²) in [6, 6.07) is 10.5. The fourth-order valence-corrected chi connectivity index (χ4v) is 2.55. The second-order valence-corrected chi connectivity index (χ2v) is 5.55. The molecule has 2 rings (SSSR count). The van der Waals surface area contributed by atoms with Gasteiger partial charge >= 0.3 is 5.97 Å². The molecule has 0 bridgehead atoms. The number of nitrogens with zero attached hydrogens (tertiary/aromatic N) is 2. The van der Waals surface area contributed by atoms with Crippen molar-refractivity contribution >= 4 is 45.1 Å². The molecular formula is C16H10BrClN2O2. The number of aromatic nitrogens is 1. The van der Waals surface area contributed by atoms with E-state index in [-0.39, 0.29) is 16.8 Å². The summed E-state index contributed by atoms with van der Waals surface area (Å²) in [7, 11) is 1.28. The van der Waals surface area contributed by atoms with Crippen molar-refractivity contribution in [2.75, 3.05) is 7.11 Å². The van der Waals surface area contributed by atoms with Crippen LogP contribution in [0.3, 0.4) is 0 Å². The SMILES string of the molecule is COC(=O)c1cccnc1/C(C#N)=C/c1ccc(Br)cc1Cl. The molecule has 0 N–H and O–H groups in total. The lowest BCUT2D eigenvalue weighted by Crippen LogP contribution is -2.06. The molecule has 1 aromatic carbocycles. The summed E-state index contributed by atoms with van der Waals surface area (Å²) >= 11 is 9.47. The minimum atomic E-state index is -0.550. The molecule has 2 aromatic rings. The zero-order valence-corrected chi connectivity index (χ0v) is 13.9. The van der Waals surface area contributed by atoms with Gasteiger partial charge in [-0.15, -0.1) is 0 Å². The first kappa shape index (κ1) is 16.2. The number of hydrogen-bond donors (Lipinski definition) is 0. The number of carbonyl (C=O) groups is 1. The molecule has 0 aliphatic heterocycles. The van der Waals surface area contributed by atoms with E-state index in [1.54, 1.807) is 30.3 Å². The van der Waals surface area contributed by atoms with Gasteiger partial charge in [0.25, 0.3) is 0 Å². The first-order chi connectivity index (χ1) is 10.6. The summed E-state index contributed by atoms with van der Waals surface area (Å²) < 4.78 is 5.55. The van der Waals surface area contributed by atoms with Gasteiger partial charge in [0.1, 0.15) is 6.07 Å². The molecule has 0 saturated heterocycles. The fraction of sp³-hybridized carbons (Fsp3) is 0.0625. The molecule has 22 heavy (non-hydrogen) atoms. The highest BCUT2D eigenvalue weighted by molar-refractivity contribution is 9.10. The fourth-order valence-electron chi connectivity index (χ4n) is 1.82. The molecule has 0 fully saturated rings. The predicted octanol–water partition coefficient (Wildman–Crippen LogP) is 4.35. The lowest BCUT2D eigenvalue weighted by molar-refractivity contribution is 0.0600. The second-order valence-electron chi connectivity index (χ2n) is 4.23. The van der Waals surface area contributed by atoms with Crippen molar-refractivity contribution in [3.63, 3.8) is 0 Å². The first-order valence-corrected chi connectivity index (χ1v) is 7.34. The summed E-state index contributed by atoms with van der Waals surface area (Å²) in [5.74, 6) is -0.550. The van der Waals surface area contributed by atoms with Crippen molar-refractivity contribution < 1.29 is 9.53 Å². The van der Waals surface area contributed by atoms with E-state index in [1.807, 2.05) is 12.1 Å². The molecule has 0 amide bonds. The highest BCUT2D eigenvalue weighted by Crippen LogP contribution is 2.26. The minimum absolute atomic E-state index is 0.227. The molecule has 0 spiro atoms. The van der Waals surface area contributed by atoms with Crippen LogP contribution in [-0.2, 0) is 4.74 Å². The van der Waals surface area contributed by atoms with Crippen molar-refractivity contribution in [1.29, 1.82) is 5.26 Å². The number of halogens is 2. The van der Waals surface area contributed by atoms with E-state index in [2.05, 4.69) is 20.9 Å².